The van der Waals surface area contributed by atoms with E-state index in [0.29, 0.717) is 34.2 Å². The lowest BCUT2D eigenvalue weighted by Crippen LogP contribution is -2.20. The molecular formula is C19H21NO6. The van der Waals surface area contributed by atoms with Crippen molar-refractivity contribution in [3.8, 4) is 23.0 Å². The maximum Gasteiger partial charge on any atom is 0.262 e. The summed E-state index contributed by atoms with van der Waals surface area (Å²) in [5.41, 5.74) is 1.07. The number of anilines is 1. The van der Waals surface area contributed by atoms with Crippen LogP contribution in [0.15, 0.2) is 36.4 Å². The topological polar surface area (TPSA) is 83.1 Å². The van der Waals surface area contributed by atoms with E-state index in [1.165, 1.54) is 28.3 Å². The Bertz CT molecular complexity index is 760. The molecular weight excluding hydrogens is 338 g/mol. The molecule has 0 fully saturated rings. The second-order valence-corrected chi connectivity index (χ2v) is 5.33. The molecule has 0 saturated heterocycles. The summed E-state index contributed by atoms with van der Waals surface area (Å²) < 4.78 is 21.2. The number of amides is 1. The number of carbonyl (C=O) groups is 2. The van der Waals surface area contributed by atoms with Crippen molar-refractivity contribution in [1.29, 1.82) is 0 Å². The molecule has 0 radical (unpaired) electrons. The summed E-state index contributed by atoms with van der Waals surface area (Å²) in [4.78, 5) is 23.4. The highest BCUT2D eigenvalue weighted by molar-refractivity contribution is 5.94. The number of Topliss-reactive ketones (excluding diaryl/α,β-unsaturated/α-hetero) is 1. The van der Waals surface area contributed by atoms with Crippen LogP contribution in [0.25, 0.3) is 0 Å². The predicted octanol–water partition coefficient (Wildman–Crippen LogP) is 2.93. The Labute approximate surface area is 151 Å². The summed E-state index contributed by atoms with van der Waals surface area (Å²) in [7, 11) is 4.50. The second-order valence-electron chi connectivity index (χ2n) is 5.33. The van der Waals surface area contributed by atoms with Crippen LogP contribution in [0.2, 0.25) is 0 Å². The third-order valence-corrected chi connectivity index (χ3v) is 3.58. The number of hydrogen-bond acceptors (Lipinski definition) is 6. The zero-order valence-electron chi connectivity index (χ0n) is 15.1. The molecule has 0 saturated carbocycles. The fraction of sp³-hybridized carbons (Fsp3) is 0.263. The van der Waals surface area contributed by atoms with Gasteiger partial charge in [-0.25, -0.2) is 0 Å². The van der Waals surface area contributed by atoms with Gasteiger partial charge in [-0.05, 0) is 31.2 Å². The summed E-state index contributed by atoms with van der Waals surface area (Å²) in [5, 5.41) is 2.71. The molecule has 0 aliphatic carbocycles. The summed E-state index contributed by atoms with van der Waals surface area (Å²) in [5.74, 6) is 1.42. The van der Waals surface area contributed by atoms with E-state index in [1.807, 2.05) is 0 Å². The van der Waals surface area contributed by atoms with E-state index in [2.05, 4.69) is 5.32 Å². The van der Waals surface area contributed by atoms with Gasteiger partial charge in [0.25, 0.3) is 5.91 Å². The molecule has 0 atom stereocenters. The quantitative estimate of drug-likeness (QED) is 0.730. The van der Waals surface area contributed by atoms with Gasteiger partial charge in [-0.15, -0.1) is 0 Å². The van der Waals surface area contributed by atoms with Crippen molar-refractivity contribution >= 4 is 17.4 Å². The van der Waals surface area contributed by atoms with Gasteiger partial charge in [0.2, 0.25) is 5.75 Å². The fourth-order valence-electron chi connectivity index (χ4n) is 2.29. The first-order chi connectivity index (χ1) is 12.5. The average Bonchev–Trinajstić information content (AvgIpc) is 2.65. The Morgan fingerprint density at radius 3 is 1.96 bits per heavy atom. The average molecular weight is 359 g/mol. The molecule has 1 amide bonds. The third-order valence-electron chi connectivity index (χ3n) is 3.58. The number of benzene rings is 2. The van der Waals surface area contributed by atoms with E-state index in [4.69, 9.17) is 18.9 Å². The molecule has 2 aromatic rings. The van der Waals surface area contributed by atoms with E-state index < -0.39 is 0 Å². The third kappa shape index (κ3) is 4.66. The van der Waals surface area contributed by atoms with Crippen molar-refractivity contribution in [2.24, 2.45) is 0 Å². The van der Waals surface area contributed by atoms with Gasteiger partial charge in [-0.2, -0.15) is 0 Å². The number of ether oxygens (including phenoxy) is 4. The molecule has 0 aromatic heterocycles. The van der Waals surface area contributed by atoms with Crippen molar-refractivity contribution in [2.45, 2.75) is 6.92 Å². The molecule has 0 unspecified atom stereocenters. The maximum atomic E-state index is 12.1. The minimum atomic E-state index is -0.352. The van der Waals surface area contributed by atoms with Gasteiger partial charge in [0.15, 0.2) is 23.9 Å². The van der Waals surface area contributed by atoms with Gasteiger partial charge >= 0.3 is 0 Å². The Kier molecular flexibility index (Phi) is 6.43. The second kappa shape index (κ2) is 8.75. The van der Waals surface area contributed by atoms with Crippen molar-refractivity contribution in [3.05, 3.63) is 42.0 Å². The predicted molar refractivity (Wildman–Crippen MR) is 96.7 cm³/mol. The van der Waals surface area contributed by atoms with E-state index >= 15 is 0 Å². The summed E-state index contributed by atoms with van der Waals surface area (Å²) in [6, 6.07) is 9.83. The zero-order valence-corrected chi connectivity index (χ0v) is 15.1. The molecule has 2 rings (SSSR count). The SMILES string of the molecule is COc1cc(NC(=O)COc2ccc(C(C)=O)cc2)cc(OC)c1OC. The van der Waals surface area contributed by atoms with Crippen molar-refractivity contribution < 1.29 is 28.5 Å². The number of hydrogen-bond donors (Lipinski definition) is 1. The number of rotatable bonds is 8. The lowest BCUT2D eigenvalue weighted by molar-refractivity contribution is -0.118. The largest absolute Gasteiger partial charge is 0.493 e. The molecule has 0 aliphatic rings. The highest BCUT2D eigenvalue weighted by Gasteiger charge is 2.14. The van der Waals surface area contributed by atoms with E-state index in [-0.39, 0.29) is 18.3 Å². The van der Waals surface area contributed by atoms with Crippen LogP contribution in [-0.2, 0) is 4.79 Å². The van der Waals surface area contributed by atoms with Gasteiger partial charge in [0.1, 0.15) is 5.75 Å². The van der Waals surface area contributed by atoms with E-state index in [1.54, 1.807) is 36.4 Å². The summed E-state index contributed by atoms with van der Waals surface area (Å²) >= 11 is 0. The first kappa shape index (κ1) is 19.1. The molecule has 0 bridgehead atoms. The zero-order chi connectivity index (χ0) is 19.1. The van der Waals surface area contributed by atoms with Crippen LogP contribution in [0.5, 0.6) is 23.0 Å². The Morgan fingerprint density at radius 2 is 1.50 bits per heavy atom. The van der Waals surface area contributed by atoms with Gasteiger partial charge in [-0.3, -0.25) is 9.59 Å². The highest BCUT2D eigenvalue weighted by Crippen LogP contribution is 2.39. The minimum Gasteiger partial charge on any atom is -0.493 e. The van der Waals surface area contributed by atoms with Gasteiger partial charge in [0, 0.05) is 23.4 Å². The molecule has 7 heteroatoms. The normalized spacial score (nSPS) is 10.0. The highest BCUT2D eigenvalue weighted by atomic mass is 16.5. The molecule has 1 N–H and O–H groups in total. The van der Waals surface area contributed by atoms with Crippen LogP contribution >= 0.6 is 0 Å². The Balaban J connectivity index is 2.02. The molecule has 2 aromatic carbocycles. The number of nitrogens with one attached hydrogen (secondary N) is 1. The van der Waals surface area contributed by atoms with Crippen LogP contribution in [0.3, 0.4) is 0 Å². The van der Waals surface area contributed by atoms with Gasteiger partial charge < -0.3 is 24.3 Å². The fourth-order valence-corrected chi connectivity index (χ4v) is 2.29. The molecule has 0 spiro atoms. The van der Waals surface area contributed by atoms with Crippen LogP contribution in [0.4, 0.5) is 5.69 Å². The number of methoxy groups -OCH3 is 3. The molecule has 7 nitrogen and oxygen atoms in total. The number of carbonyl (C=O) groups excluding carboxylic acids is 2. The van der Waals surface area contributed by atoms with Crippen LogP contribution in [0.1, 0.15) is 17.3 Å². The van der Waals surface area contributed by atoms with Crippen LogP contribution in [-0.4, -0.2) is 39.6 Å². The van der Waals surface area contributed by atoms with Crippen molar-refractivity contribution in [1.82, 2.24) is 0 Å². The van der Waals surface area contributed by atoms with Crippen molar-refractivity contribution in [3.63, 3.8) is 0 Å². The van der Waals surface area contributed by atoms with Gasteiger partial charge in [0.05, 0.1) is 21.3 Å². The Hall–Kier alpha value is -3.22. The maximum absolute atomic E-state index is 12.1. The van der Waals surface area contributed by atoms with E-state index in [9.17, 15) is 9.59 Å². The molecule has 138 valence electrons. The molecule has 0 aliphatic heterocycles. The lowest BCUT2D eigenvalue weighted by Gasteiger charge is -2.14. The summed E-state index contributed by atoms with van der Waals surface area (Å²) in [6.45, 7) is 1.30. The lowest BCUT2D eigenvalue weighted by atomic mass is 10.1. The van der Waals surface area contributed by atoms with E-state index in [0.717, 1.165) is 0 Å². The number of ketones is 1. The van der Waals surface area contributed by atoms with Crippen LogP contribution in [0, 0.1) is 0 Å². The first-order valence-electron chi connectivity index (χ1n) is 7.82. The van der Waals surface area contributed by atoms with Crippen LogP contribution < -0.4 is 24.3 Å². The monoisotopic (exact) mass is 359 g/mol. The summed E-state index contributed by atoms with van der Waals surface area (Å²) in [6.07, 6.45) is 0. The first-order valence-corrected chi connectivity index (χ1v) is 7.82. The smallest absolute Gasteiger partial charge is 0.262 e. The molecule has 26 heavy (non-hydrogen) atoms. The Morgan fingerprint density at radius 1 is 0.923 bits per heavy atom. The standard InChI is InChI=1S/C19H21NO6/c1-12(21)13-5-7-15(8-6-13)26-11-18(22)20-14-9-16(23-2)19(25-4)17(10-14)24-3/h5-10H,11H2,1-4H3,(H,20,22). The van der Waals surface area contributed by atoms with Crippen molar-refractivity contribution in [2.75, 3.05) is 33.3 Å². The minimum absolute atomic E-state index is 0.0308. The molecule has 0 heterocycles. The van der Waals surface area contributed by atoms with Gasteiger partial charge in [-0.1, -0.05) is 0 Å².